The molecule has 31 heavy (non-hydrogen) atoms. The summed E-state index contributed by atoms with van der Waals surface area (Å²) in [5.41, 5.74) is 3.62. The summed E-state index contributed by atoms with van der Waals surface area (Å²) in [7, 11) is 0. The van der Waals surface area contributed by atoms with Crippen molar-refractivity contribution < 1.29 is 4.79 Å². The fourth-order valence-corrected chi connectivity index (χ4v) is 3.93. The summed E-state index contributed by atoms with van der Waals surface area (Å²) in [5, 5.41) is 14.6. The quantitative estimate of drug-likeness (QED) is 0.517. The fourth-order valence-electron chi connectivity index (χ4n) is 3.32. The number of rotatable bonds is 5. The molecular formula is C22H22N6O2S. The molecule has 0 bridgehead atoms. The number of nitrogens with one attached hydrogen (secondary N) is 1. The Morgan fingerprint density at radius 2 is 1.87 bits per heavy atom. The van der Waals surface area contributed by atoms with E-state index in [0.29, 0.717) is 11.5 Å². The van der Waals surface area contributed by atoms with Gasteiger partial charge in [0.2, 0.25) is 5.91 Å². The van der Waals surface area contributed by atoms with Crippen LogP contribution in [-0.2, 0) is 4.79 Å². The van der Waals surface area contributed by atoms with E-state index in [1.807, 2.05) is 56.5 Å². The maximum Gasteiger partial charge on any atom is 0.267 e. The van der Waals surface area contributed by atoms with Crippen molar-refractivity contribution in [2.24, 2.45) is 0 Å². The number of carbonyl (C=O) groups is 1. The number of amides is 1. The van der Waals surface area contributed by atoms with E-state index in [1.165, 1.54) is 10.7 Å². The zero-order valence-electron chi connectivity index (χ0n) is 17.7. The number of para-hydroxylation sites is 1. The number of hydrogen-bond acceptors (Lipinski definition) is 6. The van der Waals surface area contributed by atoms with Gasteiger partial charge in [-0.15, -0.1) is 16.4 Å². The molecule has 0 radical (unpaired) electrons. The fraction of sp³-hybridized carbons (Fsp3) is 0.227. The zero-order chi connectivity index (χ0) is 22.1. The largest absolute Gasteiger partial charge is 0.324 e. The van der Waals surface area contributed by atoms with Crippen molar-refractivity contribution in [3.8, 4) is 17.1 Å². The molecule has 3 heterocycles. The minimum atomic E-state index is -0.824. The van der Waals surface area contributed by atoms with Crippen LogP contribution in [0.4, 0.5) is 5.69 Å². The van der Waals surface area contributed by atoms with E-state index in [1.54, 1.807) is 29.0 Å². The second kappa shape index (κ2) is 8.27. The van der Waals surface area contributed by atoms with Crippen LogP contribution in [0, 0.1) is 20.8 Å². The van der Waals surface area contributed by atoms with Crippen LogP contribution >= 0.6 is 11.3 Å². The molecule has 9 heteroatoms. The maximum atomic E-state index is 13.0. The van der Waals surface area contributed by atoms with Gasteiger partial charge in [-0.1, -0.05) is 18.2 Å². The summed E-state index contributed by atoms with van der Waals surface area (Å²) in [4.78, 5) is 30.0. The Labute approximate surface area is 183 Å². The van der Waals surface area contributed by atoms with Crippen LogP contribution in [0.25, 0.3) is 17.1 Å². The SMILES string of the molecule is Cc1cc(C)n(-c2ccc(=O)n(C(C)C(=O)Nc3ccccc3-c3csc(C)n3)n2)n1. The Bertz CT molecular complexity index is 1320. The van der Waals surface area contributed by atoms with Gasteiger partial charge < -0.3 is 5.32 Å². The topological polar surface area (TPSA) is 94.7 Å². The van der Waals surface area contributed by atoms with Crippen molar-refractivity contribution in [2.45, 2.75) is 33.7 Å². The second-order valence-electron chi connectivity index (χ2n) is 7.28. The highest BCUT2D eigenvalue weighted by molar-refractivity contribution is 7.09. The van der Waals surface area contributed by atoms with Crippen molar-refractivity contribution in [1.29, 1.82) is 0 Å². The number of benzene rings is 1. The van der Waals surface area contributed by atoms with Crippen molar-refractivity contribution in [3.05, 3.63) is 74.6 Å². The molecule has 0 aliphatic carbocycles. The molecule has 0 fully saturated rings. The lowest BCUT2D eigenvalue weighted by Crippen LogP contribution is -2.33. The molecule has 4 rings (SSSR count). The smallest absolute Gasteiger partial charge is 0.267 e. The predicted octanol–water partition coefficient (Wildman–Crippen LogP) is 3.68. The molecule has 1 unspecified atom stereocenters. The van der Waals surface area contributed by atoms with Gasteiger partial charge >= 0.3 is 0 Å². The van der Waals surface area contributed by atoms with Crippen LogP contribution in [0.2, 0.25) is 0 Å². The summed E-state index contributed by atoms with van der Waals surface area (Å²) in [5.74, 6) is 0.128. The maximum absolute atomic E-state index is 13.0. The number of nitrogens with zero attached hydrogens (tertiary/aromatic N) is 5. The van der Waals surface area contributed by atoms with Crippen molar-refractivity contribution in [2.75, 3.05) is 5.32 Å². The molecule has 0 spiro atoms. The van der Waals surface area contributed by atoms with E-state index in [0.717, 1.165) is 27.7 Å². The monoisotopic (exact) mass is 434 g/mol. The van der Waals surface area contributed by atoms with E-state index >= 15 is 0 Å². The third-order valence-electron chi connectivity index (χ3n) is 4.86. The molecule has 8 nitrogen and oxygen atoms in total. The van der Waals surface area contributed by atoms with Crippen molar-refractivity contribution >= 4 is 22.9 Å². The summed E-state index contributed by atoms with van der Waals surface area (Å²) in [6.07, 6.45) is 0. The predicted molar refractivity (Wildman–Crippen MR) is 121 cm³/mol. The van der Waals surface area contributed by atoms with Gasteiger partial charge in [-0.05, 0) is 45.9 Å². The Morgan fingerprint density at radius 3 is 2.55 bits per heavy atom. The third-order valence-corrected chi connectivity index (χ3v) is 5.64. The van der Waals surface area contributed by atoms with Gasteiger partial charge in [0.25, 0.3) is 5.56 Å². The minimum Gasteiger partial charge on any atom is -0.324 e. The van der Waals surface area contributed by atoms with E-state index < -0.39 is 6.04 Å². The first-order chi connectivity index (χ1) is 14.8. The van der Waals surface area contributed by atoms with Crippen LogP contribution in [0.3, 0.4) is 0 Å². The number of thiazole rings is 1. The summed E-state index contributed by atoms with van der Waals surface area (Å²) >= 11 is 1.55. The summed E-state index contributed by atoms with van der Waals surface area (Å²) in [6.45, 7) is 7.37. The van der Waals surface area contributed by atoms with Gasteiger partial charge in [0, 0.05) is 22.7 Å². The van der Waals surface area contributed by atoms with Crippen LogP contribution in [-0.4, -0.2) is 30.5 Å². The molecule has 3 aromatic heterocycles. The van der Waals surface area contributed by atoms with Crippen molar-refractivity contribution in [3.63, 3.8) is 0 Å². The van der Waals surface area contributed by atoms with E-state index in [4.69, 9.17) is 0 Å². The molecule has 1 aromatic carbocycles. The minimum absolute atomic E-state index is 0.348. The zero-order valence-corrected chi connectivity index (χ0v) is 18.5. The number of carbonyl (C=O) groups excluding carboxylic acids is 1. The first-order valence-corrected chi connectivity index (χ1v) is 10.7. The van der Waals surface area contributed by atoms with Gasteiger partial charge in [-0.2, -0.15) is 5.10 Å². The van der Waals surface area contributed by atoms with Gasteiger partial charge in [-0.3, -0.25) is 9.59 Å². The number of aryl methyl sites for hydroxylation is 3. The molecular weight excluding hydrogens is 412 g/mol. The van der Waals surface area contributed by atoms with Gasteiger partial charge in [0.15, 0.2) is 5.82 Å². The van der Waals surface area contributed by atoms with E-state index in [9.17, 15) is 9.59 Å². The first kappa shape index (κ1) is 20.7. The Kier molecular flexibility index (Phi) is 5.51. The highest BCUT2D eigenvalue weighted by Gasteiger charge is 2.20. The van der Waals surface area contributed by atoms with Gasteiger partial charge in [0.1, 0.15) is 6.04 Å². The van der Waals surface area contributed by atoms with Crippen molar-refractivity contribution in [1.82, 2.24) is 24.5 Å². The van der Waals surface area contributed by atoms with Gasteiger partial charge in [-0.25, -0.2) is 14.3 Å². The average Bonchev–Trinajstić information content (AvgIpc) is 3.32. The molecule has 1 atom stereocenters. The molecule has 0 aliphatic rings. The third kappa shape index (κ3) is 4.17. The molecule has 4 aromatic rings. The highest BCUT2D eigenvalue weighted by atomic mass is 32.1. The lowest BCUT2D eigenvalue weighted by atomic mass is 10.1. The van der Waals surface area contributed by atoms with Gasteiger partial charge in [0.05, 0.1) is 22.1 Å². The number of aromatic nitrogens is 5. The van der Waals surface area contributed by atoms with E-state index in [-0.39, 0.29) is 11.5 Å². The lowest BCUT2D eigenvalue weighted by molar-refractivity contribution is -0.119. The van der Waals surface area contributed by atoms with Crippen LogP contribution in [0.5, 0.6) is 0 Å². The Balaban J connectivity index is 1.63. The standard InChI is InChI=1S/C22H22N6O2S/c1-13-11-14(2)27(25-13)20-9-10-21(29)28(26-20)15(3)22(30)24-18-8-6-5-7-17(18)19-12-31-16(4)23-19/h5-12,15H,1-4H3,(H,24,30). The highest BCUT2D eigenvalue weighted by Crippen LogP contribution is 2.29. The molecule has 158 valence electrons. The average molecular weight is 435 g/mol. The Morgan fingerprint density at radius 1 is 1.10 bits per heavy atom. The van der Waals surface area contributed by atoms with E-state index in [2.05, 4.69) is 20.5 Å². The van der Waals surface area contributed by atoms with Crippen LogP contribution < -0.4 is 10.9 Å². The molecule has 0 saturated carbocycles. The summed E-state index contributed by atoms with van der Waals surface area (Å²) < 4.78 is 2.83. The molecule has 1 amide bonds. The molecule has 0 saturated heterocycles. The van der Waals surface area contributed by atoms with Crippen LogP contribution in [0.15, 0.2) is 52.6 Å². The second-order valence-corrected chi connectivity index (χ2v) is 8.34. The lowest BCUT2D eigenvalue weighted by Gasteiger charge is -2.16. The molecule has 0 aliphatic heterocycles. The number of anilines is 1. The van der Waals surface area contributed by atoms with Crippen LogP contribution in [0.1, 0.15) is 29.4 Å². The molecule has 1 N–H and O–H groups in total. The number of hydrogen-bond donors (Lipinski definition) is 1. The first-order valence-electron chi connectivity index (χ1n) is 9.79. The summed E-state index contributed by atoms with van der Waals surface area (Å²) in [6, 6.07) is 11.6. The Hall–Kier alpha value is -3.59. The normalized spacial score (nSPS) is 12.0.